The van der Waals surface area contributed by atoms with E-state index < -0.39 is 10.0 Å². The van der Waals surface area contributed by atoms with Crippen molar-refractivity contribution in [2.45, 2.75) is 31.2 Å². The van der Waals surface area contributed by atoms with E-state index in [0.29, 0.717) is 12.5 Å². The Hall–Kier alpha value is -1.18. The number of anilines is 1. The summed E-state index contributed by atoms with van der Waals surface area (Å²) >= 11 is 0. The fourth-order valence-corrected chi connectivity index (χ4v) is 3.31. The van der Waals surface area contributed by atoms with Crippen molar-refractivity contribution in [1.82, 2.24) is 14.6 Å². The molecule has 0 aliphatic heterocycles. The van der Waals surface area contributed by atoms with Crippen molar-refractivity contribution in [2.75, 3.05) is 26.4 Å². The average molecular weight is 300 g/mol. The molecule has 0 aliphatic rings. The summed E-state index contributed by atoms with van der Waals surface area (Å²) in [7, 11) is 0.275. The molecular formula is C13H24N4O2S. The fourth-order valence-electron chi connectivity index (χ4n) is 2.05. The number of sulfonamides is 1. The summed E-state index contributed by atoms with van der Waals surface area (Å²) in [5.74, 6) is 0.603. The monoisotopic (exact) mass is 300 g/mol. The molecule has 6 nitrogen and oxygen atoms in total. The van der Waals surface area contributed by atoms with Gasteiger partial charge in [-0.3, -0.25) is 0 Å². The molecule has 1 atom stereocenters. The van der Waals surface area contributed by atoms with Gasteiger partial charge in [0.2, 0.25) is 10.0 Å². The van der Waals surface area contributed by atoms with E-state index in [-0.39, 0.29) is 16.8 Å². The summed E-state index contributed by atoms with van der Waals surface area (Å²) < 4.78 is 27.4. The molecule has 3 N–H and O–H groups in total. The number of aromatic nitrogens is 1. The standard InChI is InChI=1S/C13H24N4O2S/c1-10(2)7-11(9-17(3)4)16-20(18,19)12-5-6-15-13(14)8-12/h5-6,8,10-11,16H,7,9H2,1-4H3,(H2,14,15). The Bertz CT molecular complexity index is 519. The molecular weight excluding hydrogens is 276 g/mol. The minimum atomic E-state index is -3.57. The van der Waals surface area contributed by atoms with Crippen molar-refractivity contribution in [3.05, 3.63) is 18.3 Å². The molecule has 0 bridgehead atoms. The van der Waals surface area contributed by atoms with Gasteiger partial charge < -0.3 is 10.6 Å². The third kappa shape index (κ3) is 5.44. The zero-order chi connectivity index (χ0) is 15.3. The molecule has 0 radical (unpaired) electrons. The van der Waals surface area contributed by atoms with Gasteiger partial charge >= 0.3 is 0 Å². The van der Waals surface area contributed by atoms with E-state index >= 15 is 0 Å². The van der Waals surface area contributed by atoms with E-state index in [1.165, 1.54) is 18.3 Å². The predicted molar refractivity (Wildman–Crippen MR) is 80.8 cm³/mol. The molecule has 1 heterocycles. The smallest absolute Gasteiger partial charge is 0.241 e. The van der Waals surface area contributed by atoms with Crippen LogP contribution in [0.2, 0.25) is 0 Å². The highest BCUT2D eigenvalue weighted by Gasteiger charge is 2.21. The van der Waals surface area contributed by atoms with Crippen LogP contribution in [-0.2, 0) is 10.0 Å². The Morgan fingerprint density at radius 3 is 2.55 bits per heavy atom. The molecule has 1 unspecified atom stereocenters. The number of nitrogens with zero attached hydrogens (tertiary/aromatic N) is 2. The number of rotatable bonds is 7. The van der Waals surface area contributed by atoms with Crippen LogP contribution < -0.4 is 10.5 Å². The first-order chi connectivity index (χ1) is 9.20. The fraction of sp³-hybridized carbons (Fsp3) is 0.615. The summed E-state index contributed by atoms with van der Waals surface area (Å²) in [5, 5.41) is 0. The highest BCUT2D eigenvalue weighted by Crippen LogP contribution is 2.13. The quantitative estimate of drug-likeness (QED) is 0.781. The van der Waals surface area contributed by atoms with Crippen molar-refractivity contribution in [1.29, 1.82) is 0 Å². The lowest BCUT2D eigenvalue weighted by atomic mass is 10.0. The number of hydrogen-bond donors (Lipinski definition) is 2. The molecule has 1 rings (SSSR count). The van der Waals surface area contributed by atoms with Gasteiger partial charge in [0.15, 0.2) is 0 Å². The zero-order valence-electron chi connectivity index (χ0n) is 12.5. The third-order valence-electron chi connectivity index (χ3n) is 2.73. The summed E-state index contributed by atoms with van der Waals surface area (Å²) in [6.45, 7) is 4.79. The molecule has 1 aromatic heterocycles. The van der Waals surface area contributed by atoms with E-state index in [9.17, 15) is 8.42 Å². The van der Waals surface area contributed by atoms with Crippen LogP contribution in [0.4, 0.5) is 5.82 Å². The molecule has 0 aromatic carbocycles. The van der Waals surface area contributed by atoms with Gasteiger partial charge in [0.1, 0.15) is 5.82 Å². The van der Waals surface area contributed by atoms with Crippen molar-refractivity contribution in [3.8, 4) is 0 Å². The van der Waals surface area contributed by atoms with Crippen molar-refractivity contribution >= 4 is 15.8 Å². The predicted octanol–water partition coefficient (Wildman–Crippen LogP) is 0.918. The molecule has 0 amide bonds. The van der Waals surface area contributed by atoms with Crippen LogP contribution in [0.25, 0.3) is 0 Å². The van der Waals surface area contributed by atoms with Gasteiger partial charge in [0, 0.05) is 24.8 Å². The maximum absolute atomic E-state index is 12.3. The first kappa shape index (κ1) is 16.9. The topological polar surface area (TPSA) is 88.3 Å². The molecule has 20 heavy (non-hydrogen) atoms. The minimum absolute atomic E-state index is 0.135. The van der Waals surface area contributed by atoms with Crippen LogP contribution in [0.1, 0.15) is 20.3 Å². The Morgan fingerprint density at radius 1 is 1.40 bits per heavy atom. The van der Waals surface area contributed by atoms with Gasteiger partial charge in [0.05, 0.1) is 4.90 Å². The molecule has 0 fully saturated rings. The zero-order valence-corrected chi connectivity index (χ0v) is 13.3. The molecule has 7 heteroatoms. The summed E-state index contributed by atoms with van der Waals surface area (Å²) in [5.41, 5.74) is 5.54. The number of likely N-dealkylation sites (N-methyl/N-ethyl adjacent to an activating group) is 1. The molecule has 1 aromatic rings. The van der Waals surface area contributed by atoms with Gasteiger partial charge in [0.25, 0.3) is 0 Å². The van der Waals surface area contributed by atoms with Gasteiger partial charge in [-0.2, -0.15) is 0 Å². The number of nitrogens with two attached hydrogens (primary N) is 1. The lowest BCUT2D eigenvalue weighted by molar-refractivity contribution is 0.329. The van der Waals surface area contributed by atoms with Crippen LogP contribution in [0.15, 0.2) is 23.2 Å². The van der Waals surface area contributed by atoms with Crippen molar-refractivity contribution < 1.29 is 8.42 Å². The average Bonchev–Trinajstić information content (AvgIpc) is 2.26. The number of nitrogens with one attached hydrogen (secondary N) is 1. The number of pyridine rings is 1. The van der Waals surface area contributed by atoms with Gasteiger partial charge in [-0.1, -0.05) is 13.8 Å². The van der Waals surface area contributed by atoms with E-state index in [2.05, 4.69) is 23.6 Å². The van der Waals surface area contributed by atoms with Crippen LogP contribution >= 0.6 is 0 Å². The lowest BCUT2D eigenvalue weighted by Crippen LogP contribution is -2.42. The summed E-state index contributed by atoms with van der Waals surface area (Å²) in [6.07, 6.45) is 2.17. The lowest BCUT2D eigenvalue weighted by Gasteiger charge is -2.23. The Kier molecular flexibility index (Phi) is 5.91. The van der Waals surface area contributed by atoms with Crippen LogP contribution in [-0.4, -0.2) is 45.0 Å². The second kappa shape index (κ2) is 7.01. The third-order valence-corrected chi connectivity index (χ3v) is 4.24. The summed E-state index contributed by atoms with van der Waals surface area (Å²) in [4.78, 5) is 5.93. The molecule has 0 saturated heterocycles. The van der Waals surface area contributed by atoms with Gasteiger partial charge in [-0.25, -0.2) is 18.1 Å². The van der Waals surface area contributed by atoms with Crippen LogP contribution in [0.3, 0.4) is 0 Å². The molecule has 0 saturated carbocycles. The van der Waals surface area contributed by atoms with E-state index in [1.54, 1.807) is 0 Å². The van der Waals surface area contributed by atoms with Crippen molar-refractivity contribution in [3.63, 3.8) is 0 Å². The maximum atomic E-state index is 12.3. The Balaban J connectivity index is 2.90. The highest BCUT2D eigenvalue weighted by atomic mass is 32.2. The molecule has 0 aliphatic carbocycles. The van der Waals surface area contributed by atoms with E-state index in [4.69, 9.17) is 5.73 Å². The minimum Gasteiger partial charge on any atom is -0.384 e. The van der Waals surface area contributed by atoms with Gasteiger partial charge in [-0.05, 0) is 32.5 Å². The number of nitrogen functional groups attached to an aromatic ring is 1. The van der Waals surface area contributed by atoms with E-state index in [1.807, 2.05) is 19.0 Å². The Morgan fingerprint density at radius 2 is 2.05 bits per heavy atom. The second-order valence-electron chi connectivity index (χ2n) is 5.63. The normalized spacial score (nSPS) is 13.9. The van der Waals surface area contributed by atoms with Crippen molar-refractivity contribution in [2.24, 2.45) is 5.92 Å². The SMILES string of the molecule is CC(C)CC(CN(C)C)NS(=O)(=O)c1ccnc(N)c1. The second-order valence-corrected chi connectivity index (χ2v) is 7.34. The number of hydrogen-bond acceptors (Lipinski definition) is 5. The molecule has 114 valence electrons. The summed E-state index contributed by atoms with van der Waals surface area (Å²) in [6, 6.07) is 2.68. The van der Waals surface area contributed by atoms with Crippen LogP contribution in [0, 0.1) is 5.92 Å². The van der Waals surface area contributed by atoms with E-state index in [0.717, 1.165) is 6.42 Å². The first-order valence-corrected chi connectivity index (χ1v) is 8.07. The highest BCUT2D eigenvalue weighted by molar-refractivity contribution is 7.89. The molecule has 0 spiro atoms. The van der Waals surface area contributed by atoms with Crippen LogP contribution in [0.5, 0.6) is 0 Å². The largest absolute Gasteiger partial charge is 0.384 e. The first-order valence-electron chi connectivity index (χ1n) is 6.59. The Labute approximate surface area is 121 Å². The van der Waals surface area contributed by atoms with Gasteiger partial charge in [-0.15, -0.1) is 0 Å². The maximum Gasteiger partial charge on any atom is 0.241 e.